The van der Waals surface area contributed by atoms with Crippen molar-refractivity contribution in [3.63, 3.8) is 0 Å². The minimum absolute atomic E-state index is 1.29. The standard InChI is InChI=1S/C28H20S4/c1-17-3-7-19(8-4-17)29-21-11-13-23-25(15-21)31-28-24-14-12-22(16-26(24)32-27(23)28)30-20-9-5-18(2)6-10-20/h3-16H,1-2H3. The van der Waals surface area contributed by atoms with Crippen molar-refractivity contribution >= 4 is 75.8 Å². The van der Waals surface area contributed by atoms with Crippen LogP contribution in [-0.4, -0.2) is 0 Å². The van der Waals surface area contributed by atoms with Crippen LogP contribution in [-0.2, 0) is 0 Å². The normalized spacial score (nSPS) is 11.7. The number of hydrogen-bond acceptors (Lipinski definition) is 4. The van der Waals surface area contributed by atoms with Crippen LogP contribution < -0.4 is 0 Å². The van der Waals surface area contributed by atoms with Crippen molar-refractivity contribution in [3.05, 3.63) is 96.1 Å². The molecule has 0 saturated heterocycles. The summed E-state index contributed by atoms with van der Waals surface area (Å²) in [7, 11) is 0. The predicted octanol–water partition coefficient (Wildman–Crippen LogP) is 10.2. The first-order valence-corrected chi connectivity index (χ1v) is 13.8. The van der Waals surface area contributed by atoms with Crippen molar-refractivity contribution < 1.29 is 0 Å². The molecule has 0 aliphatic heterocycles. The van der Waals surface area contributed by atoms with Gasteiger partial charge in [-0.15, -0.1) is 22.7 Å². The van der Waals surface area contributed by atoms with E-state index in [1.54, 1.807) is 0 Å². The van der Waals surface area contributed by atoms with E-state index in [0.29, 0.717) is 0 Å². The molecule has 2 aromatic heterocycles. The fraction of sp³-hybridized carbons (Fsp3) is 0.0714. The number of thiophene rings is 2. The Labute approximate surface area is 204 Å². The van der Waals surface area contributed by atoms with E-state index in [4.69, 9.17) is 0 Å². The average molecular weight is 485 g/mol. The highest BCUT2D eigenvalue weighted by molar-refractivity contribution is 7.99. The van der Waals surface area contributed by atoms with Crippen LogP contribution in [0.4, 0.5) is 0 Å². The van der Waals surface area contributed by atoms with Gasteiger partial charge in [-0.25, -0.2) is 0 Å². The molecule has 156 valence electrons. The van der Waals surface area contributed by atoms with E-state index in [-0.39, 0.29) is 0 Å². The van der Waals surface area contributed by atoms with Gasteiger partial charge in [-0.2, -0.15) is 0 Å². The smallest absolute Gasteiger partial charge is 0.0542 e. The Kier molecular flexibility index (Phi) is 5.27. The SMILES string of the molecule is Cc1ccc(Sc2ccc3c(c2)sc2c4ccc(Sc5ccc(C)cc5)cc4sc32)cc1. The van der Waals surface area contributed by atoms with Crippen molar-refractivity contribution in [2.45, 2.75) is 33.4 Å². The van der Waals surface area contributed by atoms with E-state index in [9.17, 15) is 0 Å². The van der Waals surface area contributed by atoms with Gasteiger partial charge in [0.25, 0.3) is 0 Å². The van der Waals surface area contributed by atoms with Crippen molar-refractivity contribution in [1.29, 1.82) is 0 Å². The van der Waals surface area contributed by atoms with Gasteiger partial charge in [0, 0.05) is 39.8 Å². The Hall–Kier alpha value is -2.24. The molecule has 0 bridgehead atoms. The zero-order valence-corrected chi connectivity index (χ0v) is 21.0. The van der Waals surface area contributed by atoms with Crippen molar-refractivity contribution in [1.82, 2.24) is 0 Å². The Morgan fingerprint density at radius 1 is 0.469 bits per heavy atom. The summed E-state index contributed by atoms with van der Waals surface area (Å²) in [6, 6.07) is 31.4. The largest absolute Gasteiger partial charge is 0.134 e. The zero-order chi connectivity index (χ0) is 21.7. The van der Waals surface area contributed by atoms with Gasteiger partial charge < -0.3 is 0 Å². The van der Waals surface area contributed by atoms with E-state index >= 15 is 0 Å². The molecule has 4 aromatic carbocycles. The lowest BCUT2D eigenvalue weighted by atomic mass is 10.2. The Bertz CT molecular complexity index is 1450. The number of benzene rings is 4. The number of fused-ring (bicyclic) bond motifs is 5. The monoisotopic (exact) mass is 484 g/mol. The molecule has 32 heavy (non-hydrogen) atoms. The van der Waals surface area contributed by atoms with Gasteiger partial charge in [0.15, 0.2) is 0 Å². The van der Waals surface area contributed by atoms with E-state index in [0.717, 1.165) is 0 Å². The van der Waals surface area contributed by atoms with Gasteiger partial charge in [0.1, 0.15) is 0 Å². The molecule has 0 nitrogen and oxygen atoms in total. The molecular weight excluding hydrogens is 465 g/mol. The summed E-state index contributed by atoms with van der Waals surface area (Å²) >= 11 is 7.53. The van der Waals surface area contributed by atoms with Gasteiger partial charge >= 0.3 is 0 Å². The van der Waals surface area contributed by atoms with Crippen LogP contribution in [0, 0.1) is 13.8 Å². The van der Waals surface area contributed by atoms with Crippen molar-refractivity contribution in [2.75, 3.05) is 0 Å². The van der Waals surface area contributed by atoms with Crippen LogP contribution in [0.3, 0.4) is 0 Å². The maximum Gasteiger partial charge on any atom is 0.0542 e. The predicted molar refractivity (Wildman–Crippen MR) is 145 cm³/mol. The zero-order valence-electron chi connectivity index (χ0n) is 17.7. The van der Waals surface area contributed by atoms with Crippen LogP contribution in [0.2, 0.25) is 0 Å². The van der Waals surface area contributed by atoms with Crippen LogP contribution in [0.5, 0.6) is 0 Å². The van der Waals surface area contributed by atoms with E-state index in [2.05, 4.69) is 98.8 Å². The summed E-state index contributed by atoms with van der Waals surface area (Å²) in [5, 5.41) is 2.76. The van der Waals surface area contributed by atoms with Gasteiger partial charge in [0.2, 0.25) is 0 Å². The van der Waals surface area contributed by atoms with Crippen LogP contribution >= 0.6 is 46.2 Å². The Balaban J connectivity index is 1.34. The summed E-state index contributed by atoms with van der Waals surface area (Å²) in [5.74, 6) is 0. The molecule has 0 fully saturated rings. The lowest BCUT2D eigenvalue weighted by Gasteiger charge is -2.03. The Morgan fingerprint density at radius 3 is 1.25 bits per heavy atom. The van der Waals surface area contributed by atoms with Crippen LogP contribution in [0.1, 0.15) is 11.1 Å². The average Bonchev–Trinajstić information content (AvgIpc) is 3.32. The summed E-state index contributed by atoms with van der Waals surface area (Å²) in [6.45, 7) is 4.26. The third-order valence-electron chi connectivity index (χ3n) is 5.54. The van der Waals surface area contributed by atoms with Crippen molar-refractivity contribution in [3.8, 4) is 0 Å². The van der Waals surface area contributed by atoms with Gasteiger partial charge in [-0.1, -0.05) is 71.0 Å². The first kappa shape index (κ1) is 20.4. The molecule has 0 radical (unpaired) electrons. The quantitative estimate of drug-likeness (QED) is 0.244. The maximum atomic E-state index is 2.35. The highest BCUT2D eigenvalue weighted by Gasteiger charge is 2.13. The lowest BCUT2D eigenvalue weighted by Crippen LogP contribution is -1.75. The summed E-state index contributed by atoms with van der Waals surface area (Å²) in [5.41, 5.74) is 2.60. The van der Waals surface area contributed by atoms with Gasteiger partial charge in [-0.05, 0) is 62.4 Å². The summed E-state index contributed by atoms with van der Waals surface area (Å²) in [4.78, 5) is 5.18. The molecule has 6 aromatic rings. The van der Waals surface area contributed by atoms with Gasteiger partial charge in [0.05, 0.1) is 9.40 Å². The molecule has 4 heteroatoms. The molecule has 0 atom stereocenters. The molecule has 0 N–H and O–H groups in total. The molecule has 2 heterocycles. The second-order valence-corrected chi connectivity index (χ2v) is 12.4. The van der Waals surface area contributed by atoms with E-state index in [1.807, 2.05) is 46.2 Å². The molecule has 0 saturated carbocycles. The molecule has 0 amide bonds. The lowest BCUT2D eigenvalue weighted by molar-refractivity contribution is 1.37. The molecule has 0 aliphatic rings. The molecule has 0 aliphatic carbocycles. The third-order valence-corrected chi connectivity index (χ3v) is 10.0. The van der Waals surface area contributed by atoms with Crippen molar-refractivity contribution in [2.24, 2.45) is 0 Å². The minimum Gasteiger partial charge on any atom is -0.134 e. The van der Waals surface area contributed by atoms with Crippen LogP contribution in [0.25, 0.3) is 29.6 Å². The fourth-order valence-corrected chi connectivity index (χ4v) is 8.42. The summed E-state index contributed by atoms with van der Waals surface area (Å²) < 4.78 is 5.60. The second-order valence-electron chi connectivity index (χ2n) is 8.01. The fourth-order valence-electron chi connectivity index (χ4n) is 3.83. The number of hydrogen-bond donors (Lipinski definition) is 0. The number of aryl methyl sites for hydroxylation is 2. The van der Waals surface area contributed by atoms with Crippen LogP contribution in [0.15, 0.2) is 105 Å². The van der Waals surface area contributed by atoms with Gasteiger partial charge in [-0.3, -0.25) is 0 Å². The highest BCUT2D eigenvalue weighted by Crippen LogP contribution is 2.46. The summed E-state index contributed by atoms with van der Waals surface area (Å²) in [6.07, 6.45) is 0. The molecule has 0 unspecified atom stereocenters. The topological polar surface area (TPSA) is 0 Å². The number of rotatable bonds is 4. The minimum atomic E-state index is 1.29. The highest BCUT2D eigenvalue weighted by atomic mass is 32.2. The van der Waals surface area contributed by atoms with E-state index in [1.165, 1.54) is 60.3 Å². The third kappa shape index (κ3) is 3.86. The second kappa shape index (κ2) is 8.27. The first-order chi connectivity index (χ1) is 15.6. The molecular formula is C28H20S4. The molecule has 0 spiro atoms. The Morgan fingerprint density at radius 2 is 0.844 bits per heavy atom. The maximum absolute atomic E-state index is 2.35. The van der Waals surface area contributed by atoms with E-state index < -0.39 is 0 Å². The molecule has 6 rings (SSSR count). The first-order valence-electron chi connectivity index (χ1n) is 10.5.